The number of benzene rings is 1. The second-order valence-corrected chi connectivity index (χ2v) is 7.56. The van der Waals surface area contributed by atoms with Gasteiger partial charge in [0.2, 0.25) is 11.0 Å². The highest BCUT2D eigenvalue weighted by Crippen LogP contribution is 2.32. The number of likely N-dealkylation sites (tertiary alicyclic amines) is 1. The SMILES string of the molecule is O=C1CC(CNc2nnc(Cc3ccccc3F)s2)CN1C1CC1. The largest absolute Gasteiger partial charge is 0.360 e. The molecule has 1 aromatic heterocycles. The zero-order valence-electron chi connectivity index (χ0n) is 13.2. The molecule has 2 heterocycles. The van der Waals surface area contributed by atoms with Crippen molar-refractivity contribution < 1.29 is 9.18 Å². The molecule has 0 spiro atoms. The number of nitrogens with zero attached hydrogens (tertiary/aromatic N) is 3. The van der Waals surface area contributed by atoms with Crippen molar-refractivity contribution in [2.24, 2.45) is 5.92 Å². The van der Waals surface area contributed by atoms with Gasteiger partial charge in [0.25, 0.3) is 0 Å². The quantitative estimate of drug-likeness (QED) is 0.874. The van der Waals surface area contributed by atoms with Crippen molar-refractivity contribution in [2.75, 3.05) is 18.4 Å². The van der Waals surface area contributed by atoms with E-state index < -0.39 is 0 Å². The Morgan fingerprint density at radius 2 is 2.12 bits per heavy atom. The third-order valence-electron chi connectivity index (χ3n) is 4.53. The van der Waals surface area contributed by atoms with Gasteiger partial charge in [0, 0.05) is 37.9 Å². The Kier molecular flexibility index (Phi) is 4.18. The highest BCUT2D eigenvalue weighted by atomic mass is 32.1. The molecule has 2 fully saturated rings. The van der Waals surface area contributed by atoms with Crippen LogP contribution in [0.3, 0.4) is 0 Å². The van der Waals surface area contributed by atoms with Crippen LogP contribution in [-0.2, 0) is 11.2 Å². The average molecular weight is 346 g/mol. The number of amides is 1. The summed E-state index contributed by atoms with van der Waals surface area (Å²) in [5.41, 5.74) is 0.627. The minimum absolute atomic E-state index is 0.216. The molecule has 4 rings (SSSR count). The molecular formula is C17H19FN4OS. The van der Waals surface area contributed by atoms with Gasteiger partial charge in [-0.1, -0.05) is 29.5 Å². The van der Waals surface area contributed by atoms with Crippen molar-refractivity contribution >= 4 is 22.4 Å². The van der Waals surface area contributed by atoms with Crippen LogP contribution < -0.4 is 5.32 Å². The van der Waals surface area contributed by atoms with Crippen LogP contribution in [0.5, 0.6) is 0 Å². The number of anilines is 1. The number of hydrogen-bond donors (Lipinski definition) is 1. The maximum Gasteiger partial charge on any atom is 0.223 e. The maximum absolute atomic E-state index is 13.7. The van der Waals surface area contributed by atoms with Gasteiger partial charge < -0.3 is 10.2 Å². The summed E-state index contributed by atoms with van der Waals surface area (Å²) in [4.78, 5) is 14.0. The zero-order chi connectivity index (χ0) is 16.5. The van der Waals surface area contributed by atoms with E-state index in [-0.39, 0.29) is 11.7 Å². The molecular weight excluding hydrogens is 327 g/mol. The first-order valence-corrected chi connectivity index (χ1v) is 9.10. The van der Waals surface area contributed by atoms with Gasteiger partial charge in [-0.3, -0.25) is 4.79 Å². The molecule has 5 nitrogen and oxygen atoms in total. The van der Waals surface area contributed by atoms with Crippen LogP contribution >= 0.6 is 11.3 Å². The van der Waals surface area contributed by atoms with Crippen molar-refractivity contribution in [3.8, 4) is 0 Å². The molecule has 1 saturated heterocycles. The minimum Gasteiger partial charge on any atom is -0.360 e. The summed E-state index contributed by atoms with van der Waals surface area (Å²) in [7, 11) is 0. The maximum atomic E-state index is 13.7. The summed E-state index contributed by atoms with van der Waals surface area (Å²) in [6, 6.07) is 7.22. The third kappa shape index (κ3) is 3.40. The molecule has 2 aromatic rings. The standard InChI is InChI=1S/C17H19FN4OS/c18-14-4-2-1-3-12(14)8-15-20-21-17(24-15)19-9-11-7-16(23)22(10-11)13-5-6-13/h1-4,11,13H,5-10H2,(H,19,21). The summed E-state index contributed by atoms with van der Waals surface area (Å²) in [6.45, 7) is 1.57. The minimum atomic E-state index is -0.216. The average Bonchev–Trinajstić information content (AvgIpc) is 3.20. The Hall–Kier alpha value is -2.02. The van der Waals surface area contributed by atoms with E-state index in [0.717, 1.165) is 36.1 Å². The lowest BCUT2D eigenvalue weighted by Gasteiger charge is -2.15. The molecule has 0 bridgehead atoms. The van der Waals surface area contributed by atoms with E-state index in [2.05, 4.69) is 15.5 Å². The number of nitrogens with one attached hydrogen (secondary N) is 1. The van der Waals surface area contributed by atoms with E-state index >= 15 is 0 Å². The van der Waals surface area contributed by atoms with Crippen LogP contribution in [0.25, 0.3) is 0 Å². The second kappa shape index (κ2) is 6.47. The van der Waals surface area contributed by atoms with E-state index in [0.29, 0.717) is 30.4 Å². The fourth-order valence-electron chi connectivity index (χ4n) is 3.12. The lowest BCUT2D eigenvalue weighted by atomic mass is 10.1. The number of carbonyl (C=O) groups is 1. The van der Waals surface area contributed by atoms with Crippen LogP contribution in [0, 0.1) is 11.7 Å². The van der Waals surface area contributed by atoms with E-state index in [4.69, 9.17) is 0 Å². The number of halogens is 1. The zero-order valence-corrected chi connectivity index (χ0v) is 14.1. The van der Waals surface area contributed by atoms with Gasteiger partial charge >= 0.3 is 0 Å². The number of rotatable bonds is 6. The van der Waals surface area contributed by atoms with Gasteiger partial charge in [0.15, 0.2) is 0 Å². The Labute approximate surface area is 143 Å². The fourth-order valence-corrected chi connectivity index (χ4v) is 3.89. The lowest BCUT2D eigenvalue weighted by Crippen LogP contribution is -2.28. The summed E-state index contributed by atoms with van der Waals surface area (Å²) in [5, 5.41) is 13.0. The van der Waals surface area contributed by atoms with Crippen molar-refractivity contribution in [1.29, 1.82) is 0 Å². The van der Waals surface area contributed by atoms with Gasteiger partial charge in [-0.2, -0.15) is 0 Å². The molecule has 1 aromatic carbocycles. The van der Waals surface area contributed by atoms with Crippen molar-refractivity contribution in [3.63, 3.8) is 0 Å². The molecule has 2 aliphatic rings. The summed E-state index contributed by atoms with van der Waals surface area (Å²) >= 11 is 1.44. The van der Waals surface area contributed by atoms with Crippen LogP contribution in [0.15, 0.2) is 24.3 Å². The van der Waals surface area contributed by atoms with Gasteiger partial charge in [0.05, 0.1) is 0 Å². The van der Waals surface area contributed by atoms with Crippen molar-refractivity contribution in [1.82, 2.24) is 15.1 Å². The van der Waals surface area contributed by atoms with Crippen molar-refractivity contribution in [3.05, 3.63) is 40.7 Å². The molecule has 7 heteroatoms. The van der Waals surface area contributed by atoms with E-state index in [1.807, 2.05) is 11.0 Å². The summed E-state index contributed by atoms with van der Waals surface area (Å²) in [6.07, 6.45) is 3.37. The van der Waals surface area contributed by atoms with Gasteiger partial charge in [-0.15, -0.1) is 10.2 Å². The normalized spacial score (nSPS) is 20.6. The summed E-state index contributed by atoms with van der Waals surface area (Å²) in [5.74, 6) is 0.394. The molecule has 1 unspecified atom stereocenters. The Morgan fingerprint density at radius 3 is 2.92 bits per heavy atom. The Balaban J connectivity index is 1.31. The second-order valence-electron chi connectivity index (χ2n) is 6.50. The van der Waals surface area contributed by atoms with Crippen LogP contribution in [-0.4, -0.2) is 40.1 Å². The monoisotopic (exact) mass is 346 g/mol. The molecule has 1 aliphatic heterocycles. The van der Waals surface area contributed by atoms with Gasteiger partial charge in [-0.25, -0.2) is 4.39 Å². The molecule has 1 aliphatic carbocycles. The smallest absolute Gasteiger partial charge is 0.223 e. The molecule has 1 saturated carbocycles. The molecule has 1 N–H and O–H groups in total. The van der Waals surface area contributed by atoms with E-state index in [9.17, 15) is 9.18 Å². The predicted molar refractivity (Wildman–Crippen MR) is 90.4 cm³/mol. The van der Waals surface area contributed by atoms with Gasteiger partial charge in [0.1, 0.15) is 10.8 Å². The highest BCUT2D eigenvalue weighted by molar-refractivity contribution is 7.15. The predicted octanol–water partition coefficient (Wildman–Crippen LogP) is 2.69. The lowest BCUT2D eigenvalue weighted by molar-refractivity contribution is -0.128. The van der Waals surface area contributed by atoms with E-state index in [1.54, 1.807) is 12.1 Å². The topological polar surface area (TPSA) is 58.1 Å². The molecule has 1 atom stereocenters. The van der Waals surface area contributed by atoms with Crippen LogP contribution in [0.1, 0.15) is 29.8 Å². The first-order chi connectivity index (χ1) is 11.7. The number of hydrogen-bond acceptors (Lipinski definition) is 5. The third-order valence-corrected chi connectivity index (χ3v) is 5.42. The fraction of sp³-hybridized carbons (Fsp3) is 0.471. The Morgan fingerprint density at radius 1 is 1.29 bits per heavy atom. The van der Waals surface area contributed by atoms with Crippen molar-refractivity contribution in [2.45, 2.75) is 31.7 Å². The first kappa shape index (κ1) is 15.5. The van der Waals surface area contributed by atoms with Gasteiger partial charge in [-0.05, 0) is 24.5 Å². The molecule has 0 radical (unpaired) electrons. The van der Waals surface area contributed by atoms with Crippen LogP contribution in [0.2, 0.25) is 0 Å². The highest BCUT2D eigenvalue weighted by Gasteiger charge is 2.39. The van der Waals surface area contributed by atoms with E-state index in [1.165, 1.54) is 17.4 Å². The molecule has 24 heavy (non-hydrogen) atoms. The van der Waals surface area contributed by atoms with Crippen LogP contribution in [0.4, 0.5) is 9.52 Å². The number of aromatic nitrogens is 2. The first-order valence-electron chi connectivity index (χ1n) is 8.28. The Bertz CT molecular complexity index is 746. The number of carbonyl (C=O) groups excluding carboxylic acids is 1. The molecule has 1 amide bonds. The summed E-state index contributed by atoms with van der Waals surface area (Å²) < 4.78 is 13.7. The molecule has 126 valence electrons.